The quantitative estimate of drug-likeness (QED) is 0.354. The minimum Gasteiger partial charge on any atom is -0.465 e. The van der Waals surface area contributed by atoms with E-state index in [9.17, 15) is 14.7 Å². The van der Waals surface area contributed by atoms with Crippen LogP contribution in [0.5, 0.6) is 0 Å². The lowest BCUT2D eigenvalue weighted by Crippen LogP contribution is -2.33. The van der Waals surface area contributed by atoms with E-state index in [1.165, 1.54) is 4.90 Å². The normalized spacial score (nSPS) is 13.1. The Hall–Kier alpha value is -5.00. The zero-order valence-electron chi connectivity index (χ0n) is 21.7. The molecule has 0 spiro atoms. The standard InChI is InChI=1S/C27H29N9O3/c1-3-28-26-29-15-23-24(30-26)33(2)12-13-35(25(23)37)21-10-7-11-22(14-21)36-18-20(31-32-36)17-34(27(38)39)16-19-8-5-4-6-9-19/h4-11,14-15,18H,3,12-13,16-17H2,1-2H3,(H,38,39)(H,28,29,30). The zero-order chi connectivity index (χ0) is 27.4. The number of rotatable bonds is 8. The molecule has 0 unspecified atom stereocenters. The van der Waals surface area contributed by atoms with Crippen LogP contribution < -0.4 is 15.1 Å². The van der Waals surface area contributed by atoms with Crippen LogP contribution in [0.15, 0.2) is 67.0 Å². The number of fused-ring (bicyclic) bond motifs is 1. The molecule has 4 aromatic rings. The van der Waals surface area contributed by atoms with E-state index in [0.29, 0.717) is 54.0 Å². The largest absolute Gasteiger partial charge is 0.465 e. The Kier molecular flexibility index (Phi) is 7.34. The maximum atomic E-state index is 13.5. The fourth-order valence-electron chi connectivity index (χ4n) is 4.40. The minimum atomic E-state index is -1.04. The summed E-state index contributed by atoms with van der Waals surface area (Å²) in [6.07, 6.45) is 2.22. The Morgan fingerprint density at radius 3 is 2.64 bits per heavy atom. The van der Waals surface area contributed by atoms with E-state index < -0.39 is 6.09 Å². The minimum absolute atomic E-state index is 0.0898. The van der Waals surface area contributed by atoms with Crippen molar-refractivity contribution in [2.24, 2.45) is 0 Å². The predicted octanol–water partition coefficient (Wildman–Crippen LogP) is 3.27. The van der Waals surface area contributed by atoms with Crippen LogP contribution in [0.2, 0.25) is 0 Å². The third-order valence-electron chi connectivity index (χ3n) is 6.39. The fourth-order valence-corrected chi connectivity index (χ4v) is 4.40. The van der Waals surface area contributed by atoms with Crippen molar-refractivity contribution in [1.29, 1.82) is 0 Å². The van der Waals surface area contributed by atoms with Crippen LogP contribution >= 0.6 is 0 Å². The van der Waals surface area contributed by atoms with Gasteiger partial charge in [-0.25, -0.2) is 14.5 Å². The van der Waals surface area contributed by atoms with Gasteiger partial charge in [0.1, 0.15) is 17.1 Å². The number of nitrogens with zero attached hydrogens (tertiary/aromatic N) is 8. The van der Waals surface area contributed by atoms with Gasteiger partial charge in [0.05, 0.1) is 18.4 Å². The smallest absolute Gasteiger partial charge is 0.407 e. The average molecular weight is 528 g/mol. The average Bonchev–Trinajstić information content (AvgIpc) is 3.37. The molecule has 1 aliphatic rings. The summed E-state index contributed by atoms with van der Waals surface area (Å²) in [6, 6.07) is 16.8. The molecule has 0 saturated heterocycles. The van der Waals surface area contributed by atoms with Gasteiger partial charge in [-0.1, -0.05) is 41.6 Å². The lowest BCUT2D eigenvalue weighted by Gasteiger charge is -2.21. The van der Waals surface area contributed by atoms with Gasteiger partial charge in [0, 0.05) is 45.1 Å². The van der Waals surface area contributed by atoms with Gasteiger partial charge in [-0.2, -0.15) is 4.98 Å². The molecule has 0 aliphatic carbocycles. The van der Waals surface area contributed by atoms with Crippen LogP contribution in [0.3, 0.4) is 0 Å². The van der Waals surface area contributed by atoms with Crippen molar-refractivity contribution in [3.05, 3.63) is 83.8 Å². The molecule has 0 atom stereocenters. The zero-order valence-corrected chi connectivity index (χ0v) is 21.7. The monoisotopic (exact) mass is 527 g/mol. The molecule has 200 valence electrons. The Morgan fingerprint density at radius 1 is 1.08 bits per heavy atom. The van der Waals surface area contributed by atoms with Gasteiger partial charge in [0.2, 0.25) is 5.95 Å². The number of hydrogen-bond acceptors (Lipinski definition) is 8. The van der Waals surface area contributed by atoms with E-state index in [-0.39, 0.29) is 19.0 Å². The highest BCUT2D eigenvalue weighted by molar-refractivity contribution is 6.09. The highest BCUT2D eigenvalue weighted by Crippen LogP contribution is 2.27. The van der Waals surface area contributed by atoms with Crippen LogP contribution in [0, 0.1) is 0 Å². The fraction of sp³-hybridized carbons (Fsp3) is 0.259. The summed E-state index contributed by atoms with van der Waals surface area (Å²) >= 11 is 0. The van der Waals surface area contributed by atoms with Crippen LogP contribution in [-0.2, 0) is 13.1 Å². The first-order valence-corrected chi connectivity index (χ1v) is 12.6. The Bertz CT molecular complexity index is 1470. The van der Waals surface area contributed by atoms with Gasteiger partial charge >= 0.3 is 6.09 Å². The second-order valence-electron chi connectivity index (χ2n) is 9.14. The van der Waals surface area contributed by atoms with E-state index in [2.05, 4.69) is 25.6 Å². The third kappa shape index (κ3) is 5.64. The number of benzene rings is 2. The van der Waals surface area contributed by atoms with Crippen LogP contribution in [0.25, 0.3) is 5.69 Å². The van der Waals surface area contributed by atoms with Crippen LogP contribution in [-0.4, -0.2) is 73.7 Å². The van der Waals surface area contributed by atoms with Gasteiger partial charge in [-0.05, 0) is 30.7 Å². The predicted molar refractivity (Wildman–Crippen MR) is 146 cm³/mol. The van der Waals surface area contributed by atoms with Crippen molar-refractivity contribution >= 4 is 29.5 Å². The van der Waals surface area contributed by atoms with Gasteiger partial charge in [0.15, 0.2) is 0 Å². The van der Waals surface area contributed by atoms with E-state index in [0.717, 1.165) is 5.56 Å². The molecule has 0 bridgehead atoms. The molecule has 0 radical (unpaired) electrons. The molecule has 3 heterocycles. The number of hydrogen-bond donors (Lipinski definition) is 2. The highest BCUT2D eigenvalue weighted by Gasteiger charge is 2.28. The summed E-state index contributed by atoms with van der Waals surface area (Å²) < 4.78 is 1.58. The molecular formula is C27H29N9O3. The number of nitrogens with one attached hydrogen (secondary N) is 1. The van der Waals surface area contributed by atoms with Crippen molar-refractivity contribution in [3.8, 4) is 5.69 Å². The number of anilines is 3. The summed E-state index contributed by atoms with van der Waals surface area (Å²) in [5.41, 5.74) is 3.21. The third-order valence-corrected chi connectivity index (χ3v) is 6.39. The number of aromatic nitrogens is 5. The molecule has 2 aromatic heterocycles. The van der Waals surface area contributed by atoms with E-state index in [4.69, 9.17) is 0 Å². The number of carbonyl (C=O) groups is 2. The molecule has 2 N–H and O–H groups in total. The Labute approximate surface area is 225 Å². The molecular weight excluding hydrogens is 498 g/mol. The first-order valence-electron chi connectivity index (χ1n) is 12.6. The summed E-state index contributed by atoms with van der Waals surface area (Å²) in [7, 11) is 1.91. The molecule has 0 fully saturated rings. The van der Waals surface area contributed by atoms with Gasteiger partial charge in [-0.15, -0.1) is 5.10 Å². The number of amides is 2. The SMILES string of the molecule is CCNc1ncc2c(n1)N(C)CCN(c1cccc(-n3cc(CN(Cc4ccccc4)C(=O)O)nn3)c1)C2=O. The molecule has 1 aliphatic heterocycles. The van der Waals surface area contributed by atoms with Crippen LogP contribution in [0.1, 0.15) is 28.5 Å². The second-order valence-corrected chi connectivity index (χ2v) is 9.14. The van der Waals surface area contributed by atoms with E-state index in [1.54, 1.807) is 22.0 Å². The van der Waals surface area contributed by atoms with Crippen molar-refractivity contribution in [3.63, 3.8) is 0 Å². The van der Waals surface area contributed by atoms with Crippen molar-refractivity contribution in [1.82, 2.24) is 29.9 Å². The second kappa shape index (κ2) is 11.2. The van der Waals surface area contributed by atoms with Gasteiger partial charge < -0.3 is 20.2 Å². The Morgan fingerprint density at radius 2 is 1.87 bits per heavy atom. The molecule has 39 heavy (non-hydrogen) atoms. The maximum absolute atomic E-state index is 13.5. The number of likely N-dealkylation sites (N-methyl/N-ethyl adjacent to an activating group) is 1. The summed E-state index contributed by atoms with van der Waals surface area (Å²) in [6.45, 7) is 4.02. The van der Waals surface area contributed by atoms with Gasteiger partial charge in [-0.3, -0.25) is 9.69 Å². The molecule has 2 aromatic carbocycles. The van der Waals surface area contributed by atoms with Crippen LogP contribution in [0.4, 0.5) is 22.2 Å². The summed E-state index contributed by atoms with van der Waals surface area (Å²) in [5.74, 6) is 0.884. The summed E-state index contributed by atoms with van der Waals surface area (Å²) in [4.78, 5) is 39.2. The molecule has 2 amide bonds. The topological polar surface area (TPSA) is 133 Å². The lowest BCUT2D eigenvalue weighted by molar-refractivity contribution is 0.0989. The lowest BCUT2D eigenvalue weighted by atomic mass is 10.2. The van der Waals surface area contributed by atoms with Crippen molar-refractivity contribution in [2.75, 3.05) is 41.8 Å². The van der Waals surface area contributed by atoms with Gasteiger partial charge in [0.25, 0.3) is 5.91 Å². The molecule has 12 heteroatoms. The van der Waals surface area contributed by atoms with Crippen molar-refractivity contribution in [2.45, 2.75) is 20.0 Å². The molecule has 0 saturated carbocycles. The Balaban J connectivity index is 1.36. The first kappa shape index (κ1) is 25.6. The van der Waals surface area contributed by atoms with E-state index in [1.807, 2.05) is 73.5 Å². The van der Waals surface area contributed by atoms with Crippen molar-refractivity contribution < 1.29 is 14.7 Å². The molecule has 5 rings (SSSR count). The molecule has 12 nitrogen and oxygen atoms in total. The first-order chi connectivity index (χ1) is 18.9. The van der Waals surface area contributed by atoms with E-state index >= 15 is 0 Å². The highest BCUT2D eigenvalue weighted by atomic mass is 16.4. The summed E-state index contributed by atoms with van der Waals surface area (Å²) in [5, 5.41) is 21.2. The maximum Gasteiger partial charge on any atom is 0.407 e. The number of carboxylic acid groups (broad SMARTS) is 1. The number of carbonyl (C=O) groups excluding carboxylic acids is 1.